The lowest BCUT2D eigenvalue weighted by atomic mass is 9.81. The fourth-order valence-electron chi connectivity index (χ4n) is 2.47. The molecule has 0 aliphatic carbocycles. The van der Waals surface area contributed by atoms with Gasteiger partial charge in [-0.3, -0.25) is 14.9 Å². The van der Waals surface area contributed by atoms with E-state index >= 15 is 0 Å². The Morgan fingerprint density at radius 3 is 2.10 bits per heavy atom. The van der Waals surface area contributed by atoms with Gasteiger partial charge in [0.1, 0.15) is 0 Å². The van der Waals surface area contributed by atoms with Crippen molar-refractivity contribution in [2.75, 3.05) is 6.54 Å². The summed E-state index contributed by atoms with van der Waals surface area (Å²) >= 11 is 0. The van der Waals surface area contributed by atoms with Crippen LogP contribution in [0.15, 0.2) is 18.2 Å². The van der Waals surface area contributed by atoms with Crippen LogP contribution in [0.3, 0.4) is 0 Å². The van der Waals surface area contributed by atoms with Crippen LogP contribution < -0.4 is 11.1 Å². The molecule has 0 saturated heterocycles. The number of hydrogen-bond acceptors (Lipinski definition) is 4. The van der Waals surface area contributed by atoms with Gasteiger partial charge in [0.2, 0.25) is 5.91 Å². The van der Waals surface area contributed by atoms with E-state index in [2.05, 4.69) is 5.32 Å². The van der Waals surface area contributed by atoms with Crippen molar-refractivity contribution in [3.8, 4) is 0 Å². The molecule has 0 aliphatic rings. The number of benzene rings is 1. The summed E-state index contributed by atoms with van der Waals surface area (Å²) in [5.74, 6) is -3.41. The first-order chi connectivity index (χ1) is 9.70. The second-order valence-electron chi connectivity index (χ2n) is 4.87. The van der Waals surface area contributed by atoms with E-state index in [1.165, 1.54) is 0 Å². The Kier molecular flexibility index (Phi) is 5.04. The van der Waals surface area contributed by atoms with E-state index in [0.717, 1.165) is 0 Å². The molecule has 1 aromatic rings. The molecule has 1 atom stereocenters. The Labute approximate surface area is 121 Å². The maximum Gasteiger partial charge on any atom is 0.329 e. The molecule has 1 aromatic carbocycles. The first-order valence-electron chi connectivity index (χ1n) is 6.26. The summed E-state index contributed by atoms with van der Waals surface area (Å²) in [6, 6.07) is 5.15. The minimum Gasteiger partial charge on any atom is -0.480 e. The lowest BCUT2D eigenvalue weighted by Crippen LogP contribution is -2.53. The van der Waals surface area contributed by atoms with Crippen molar-refractivity contribution in [1.29, 1.82) is 0 Å². The van der Waals surface area contributed by atoms with Gasteiger partial charge in [-0.15, -0.1) is 0 Å². The van der Waals surface area contributed by atoms with E-state index in [1.807, 2.05) is 0 Å². The first kappa shape index (κ1) is 16.6. The standard InChI is InChI=1S/C14H18N2O5/c1-8-4-3-5-9(2)12(8)14(13(20)21,6-10(15)17)16-7-11(18)19/h3-5,16H,6-7H2,1-2H3,(H2,15,17)(H,18,19)(H,20,21). The highest BCUT2D eigenvalue weighted by atomic mass is 16.4. The summed E-state index contributed by atoms with van der Waals surface area (Å²) in [6.45, 7) is 2.79. The number of carboxylic acids is 2. The van der Waals surface area contributed by atoms with Crippen LogP contribution in [0.25, 0.3) is 0 Å². The minimum absolute atomic E-state index is 0.359. The van der Waals surface area contributed by atoms with Gasteiger partial charge in [0.15, 0.2) is 5.54 Å². The first-order valence-corrected chi connectivity index (χ1v) is 6.26. The van der Waals surface area contributed by atoms with E-state index < -0.39 is 36.4 Å². The highest BCUT2D eigenvalue weighted by Gasteiger charge is 2.44. The SMILES string of the molecule is Cc1cccc(C)c1C(CC(N)=O)(NCC(=O)O)C(=O)O. The fraction of sp³-hybridized carbons (Fsp3) is 0.357. The molecule has 0 aromatic heterocycles. The van der Waals surface area contributed by atoms with Crippen LogP contribution in [-0.4, -0.2) is 34.6 Å². The van der Waals surface area contributed by atoms with Crippen LogP contribution in [0, 0.1) is 13.8 Å². The molecule has 0 heterocycles. The van der Waals surface area contributed by atoms with Gasteiger partial charge in [-0.1, -0.05) is 18.2 Å². The zero-order valence-corrected chi connectivity index (χ0v) is 11.8. The van der Waals surface area contributed by atoms with E-state index in [4.69, 9.17) is 10.8 Å². The number of hydrogen-bond donors (Lipinski definition) is 4. The zero-order chi connectivity index (χ0) is 16.2. The Bertz CT molecular complexity index is 564. The lowest BCUT2D eigenvalue weighted by Gasteiger charge is -2.32. The van der Waals surface area contributed by atoms with Crippen molar-refractivity contribution in [3.63, 3.8) is 0 Å². The molecule has 0 spiro atoms. The molecule has 5 N–H and O–H groups in total. The maximum atomic E-state index is 11.8. The molecule has 0 saturated carbocycles. The molecular weight excluding hydrogens is 276 g/mol. The van der Waals surface area contributed by atoms with E-state index in [1.54, 1.807) is 32.0 Å². The average Bonchev–Trinajstić information content (AvgIpc) is 2.34. The van der Waals surface area contributed by atoms with Crippen LogP contribution in [0.1, 0.15) is 23.1 Å². The summed E-state index contributed by atoms with van der Waals surface area (Å²) in [5.41, 5.74) is 4.94. The molecule has 1 amide bonds. The number of carbonyl (C=O) groups is 3. The Balaban J connectivity index is 3.50. The van der Waals surface area contributed by atoms with Crippen LogP contribution >= 0.6 is 0 Å². The summed E-state index contributed by atoms with van der Waals surface area (Å²) in [7, 11) is 0. The topological polar surface area (TPSA) is 130 Å². The summed E-state index contributed by atoms with van der Waals surface area (Å²) in [4.78, 5) is 33.9. The molecule has 0 aliphatic heterocycles. The van der Waals surface area contributed by atoms with Crippen LogP contribution in [0.2, 0.25) is 0 Å². The number of aryl methyl sites for hydroxylation is 2. The predicted molar refractivity (Wildman–Crippen MR) is 74.7 cm³/mol. The zero-order valence-electron chi connectivity index (χ0n) is 11.8. The monoisotopic (exact) mass is 294 g/mol. The average molecular weight is 294 g/mol. The van der Waals surface area contributed by atoms with Crippen molar-refractivity contribution in [1.82, 2.24) is 5.32 Å². The number of nitrogens with two attached hydrogens (primary N) is 1. The number of primary amides is 1. The quantitative estimate of drug-likeness (QED) is 0.565. The summed E-state index contributed by atoms with van der Waals surface area (Å²) in [5, 5.41) is 20.9. The van der Waals surface area contributed by atoms with Crippen molar-refractivity contribution < 1.29 is 24.6 Å². The number of nitrogens with one attached hydrogen (secondary N) is 1. The molecule has 0 bridgehead atoms. The van der Waals surface area contributed by atoms with Gasteiger partial charge in [0, 0.05) is 0 Å². The number of carboxylic acid groups (broad SMARTS) is 2. The molecule has 7 nitrogen and oxygen atoms in total. The van der Waals surface area contributed by atoms with Gasteiger partial charge >= 0.3 is 11.9 Å². The third kappa shape index (κ3) is 3.57. The number of rotatable bonds is 7. The third-order valence-corrected chi connectivity index (χ3v) is 3.25. The van der Waals surface area contributed by atoms with E-state index in [0.29, 0.717) is 16.7 Å². The van der Waals surface area contributed by atoms with Gasteiger partial charge in [-0.05, 0) is 30.5 Å². The van der Waals surface area contributed by atoms with E-state index in [-0.39, 0.29) is 0 Å². The molecule has 21 heavy (non-hydrogen) atoms. The smallest absolute Gasteiger partial charge is 0.329 e. The molecule has 114 valence electrons. The van der Waals surface area contributed by atoms with Crippen LogP contribution in [0.4, 0.5) is 0 Å². The summed E-state index contributed by atoms with van der Waals surface area (Å²) in [6.07, 6.45) is -0.540. The summed E-state index contributed by atoms with van der Waals surface area (Å²) < 4.78 is 0. The normalized spacial score (nSPS) is 13.4. The third-order valence-electron chi connectivity index (χ3n) is 3.25. The van der Waals surface area contributed by atoms with Crippen molar-refractivity contribution in [2.24, 2.45) is 5.73 Å². The second-order valence-corrected chi connectivity index (χ2v) is 4.87. The molecule has 0 radical (unpaired) electrons. The van der Waals surface area contributed by atoms with Crippen LogP contribution in [0.5, 0.6) is 0 Å². The van der Waals surface area contributed by atoms with Gasteiger partial charge in [0.05, 0.1) is 13.0 Å². The fourth-order valence-corrected chi connectivity index (χ4v) is 2.47. The van der Waals surface area contributed by atoms with Crippen LogP contribution in [-0.2, 0) is 19.9 Å². The Morgan fingerprint density at radius 1 is 1.19 bits per heavy atom. The van der Waals surface area contributed by atoms with Gasteiger partial charge in [0.25, 0.3) is 0 Å². The molecular formula is C14H18N2O5. The largest absolute Gasteiger partial charge is 0.480 e. The van der Waals surface area contributed by atoms with Gasteiger partial charge < -0.3 is 15.9 Å². The maximum absolute atomic E-state index is 11.8. The van der Waals surface area contributed by atoms with Crippen molar-refractivity contribution >= 4 is 17.8 Å². The number of aliphatic carboxylic acids is 2. The Morgan fingerprint density at radius 2 is 1.71 bits per heavy atom. The molecule has 7 heteroatoms. The van der Waals surface area contributed by atoms with Crippen molar-refractivity contribution in [3.05, 3.63) is 34.9 Å². The highest BCUT2D eigenvalue weighted by Crippen LogP contribution is 2.31. The highest BCUT2D eigenvalue weighted by molar-refractivity contribution is 5.89. The van der Waals surface area contributed by atoms with Gasteiger partial charge in [-0.2, -0.15) is 0 Å². The lowest BCUT2D eigenvalue weighted by molar-refractivity contribution is -0.148. The number of carbonyl (C=O) groups excluding carboxylic acids is 1. The van der Waals surface area contributed by atoms with Crippen molar-refractivity contribution in [2.45, 2.75) is 25.8 Å². The molecule has 1 rings (SSSR count). The van der Waals surface area contributed by atoms with Gasteiger partial charge in [-0.25, -0.2) is 4.79 Å². The number of amides is 1. The Hall–Kier alpha value is -2.41. The molecule has 0 fully saturated rings. The predicted octanol–water partition coefficient (Wildman–Crippen LogP) is 0.133. The minimum atomic E-state index is -1.86. The molecule has 1 unspecified atom stereocenters. The van der Waals surface area contributed by atoms with E-state index in [9.17, 15) is 19.5 Å². The second kappa shape index (κ2) is 6.36.